The van der Waals surface area contributed by atoms with Gasteiger partial charge in [-0.05, 0) is 37.6 Å². The third kappa shape index (κ3) is 7.43. The van der Waals surface area contributed by atoms with Gasteiger partial charge in [0.25, 0.3) is 0 Å². The van der Waals surface area contributed by atoms with Crippen molar-refractivity contribution in [1.29, 1.82) is 0 Å². The van der Waals surface area contributed by atoms with Crippen LogP contribution in [0.2, 0.25) is 0 Å². The zero-order chi connectivity index (χ0) is 19.3. The van der Waals surface area contributed by atoms with E-state index in [9.17, 15) is 4.21 Å². The third-order valence-electron chi connectivity index (χ3n) is 4.21. The number of aliphatic imine (C=N–C) groups is 1. The Balaban J connectivity index is 1.66. The van der Waals surface area contributed by atoms with Gasteiger partial charge in [0.05, 0.1) is 10.8 Å². The third-order valence-corrected chi connectivity index (χ3v) is 5.58. The van der Waals surface area contributed by atoms with Gasteiger partial charge in [-0.3, -0.25) is 9.20 Å². The Kier molecular flexibility index (Phi) is 9.41. The highest BCUT2D eigenvalue weighted by atomic mass is 32.2. The van der Waals surface area contributed by atoms with Crippen LogP contribution >= 0.6 is 0 Å². The number of rotatable bonds is 10. The van der Waals surface area contributed by atoms with Crippen molar-refractivity contribution in [3.05, 3.63) is 60.7 Å². The standard InChI is InChI=1S/C21H30N4OS/c1-3-25(19-11-6-4-7-12-19)17-10-15-23-21(22-2)24-16-18-27(26)20-13-8-5-9-14-20/h4-9,11-14H,3,10,15-18H2,1-2H3,(H2,22,23,24). The highest BCUT2D eigenvalue weighted by Gasteiger charge is 2.05. The largest absolute Gasteiger partial charge is 0.372 e. The van der Waals surface area contributed by atoms with E-state index in [1.807, 2.05) is 36.4 Å². The summed E-state index contributed by atoms with van der Waals surface area (Å²) in [5.41, 5.74) is 1.26. The molecule has 2 N–H and O–H groups in total. The Hall–Kier alpha value is -2.34. The molecule has 0 amide bonds. The Morgan fingerprint density at radius 1 is 1.00 bits per heavy atom. The van der Waals surface area contributed by atoms with Gasteiger partial charge in [0, 0.05) is 49.6 Å². The number of nitrogens with zero attached hydrogens (tertiary/aromatic N) is 2. The molecule has 0 saturated carbocycles. The van der Waals surface area contributed by atoms with Crippen molar-refractivity contribution >= 4 is 22.4 Å². The summed E-state index contributed by atoms with van der Waals surface area (Å²) >= 11 is 0. The fourth-order valence-corrected chi connectivity index (χ4v) is 3.74. The number of benzene rings is 2. The molecule has 0 aliphatic carbocycles. The first-order valence-corrected chi connectivity index (χ1v) is 10.7. The van der Waals surface area contributed by atoms with E-state index in [1.54, 1.807) is 7.05 Å². The lowest BCUT2D eigenvalue weighted by molar-refractivity contribution is 0.680. The molecule has 5 nitrogen and oxygen atoms in total. The van der Waals surface area contributed by atoms with Crippen LogP contribution in [0.3, 0.4) is 0 Å². The van der Waals surface area contributed by atoms with E-state index >= 15 is 0 Å². The van der Waals surface area contributed by atoms with Crippen LogP contribution in [0.5, 0.6) is 0 Å². The van der Waals surface area contributed by atoms with Crippen molar-refractivity contribution in [3.63, 3.8) is 0 Å². The molecule has 0 fully saturated rings. The molecule has 2 rings (SSSR count). The molecule has 0 saturated heterocycles. The number of anilines is 1. The summed E-state index contributed by atoms with van der Waals surface area (Å²) in [5, 5.41) is 6.56. The highest BCUT2D eigenvalue weighted by Crippen LogP contribution is 2.12. The second-order valence-electron chi connectivity index (χ2n) is 6.06. The van der Waals surface area contributed by atoms with Gasteiger partial charge in [-0.2, -0.15) is 0 Å². The molecule has 2 aromatic rings. The molecule has 6 heteroatoms. The van der Waals surface area contributed by atoms with Crippen LogP contribution < -0.4 is 15.5 Å². The van der Waals surface area contributed by atoms with Crippen LogP contribution in [-0.4, -0.2) is 49.1 Å². The molecule has 27 heavy (non-hydrogen) atoms. The van der Waals surface area contributed by atoms with E-state index in [0.717, 1.165) is 36.9 Å². The zero-order valence-electron chi connectivity index (χ0n) is 16.2. The summed E-state index contributed by atoms with van der Waals surface area (Å²) in [6, 6.07) is 20.0. The van der Waals surface area contributed by atoms with Crippen molar-refractivity contribution in [2.24, 2.45) is 4.99 Å². The van der Waals surface area contributed by atoms with E-state index < -0.39 is 10.8 Å². The highest BCUT2D eigenvalue weighted by molar-refractivity contribution is 7.85. The Labute approximate surface area is 165 Å². The van der Waals surface area contributed by atoms with Gasteiger partial charge in [-0.15, -0.1) is 0 Å². The fourth-order valence-electron chi connectivity index (χ4n) is 2.76. The molecule has 1 atom stereocenters. The van der Waals surface area contributed by atoms with Crippen molar-refractivity contribution < 1.29 is 4.21 Å². The number of hydrogen-bond donors (Lipinski definition) is 2. The van der Waals surface area contributed by atoms with Crippen LogP contribution in [0.15, 0.2) is 70.6 Å². The molecule has 0 aromatic heterocycles. The van der Waals surface area contributed by atoms with Gasteiger partial charge in [-0.1, -0.05) is 36.4 Å². The van der Waals surface area contributed by atoms with E-state index in [-0.39, 0.29) is 0 Å². The maximum atomic E-state index is 12.2. The van der Waals surface area contributed by atoms with Gasteiger partial charge in [0.2, 0.25) is 0 Å². The Morgan fingerprint density at radius 3 is 2.26 bits per heavy atom. The normalized spacial score (nSPS) is 12.4. The summed E-state index contributed by atoms with van der Waals surface area (Å²) in [6.07, 6.45) is 1.01. The monoisotopic (exact) mass is 386 g/mol. The molecule has 2 aromatic carbocycles. The first-order chi connectivity index (χ1) is 13.2. The molecular weight excluding hydrogens is 356 g/mol. The quantitative estimate of drug-likeness (QED) is 0.375. The molecule has 0 heterocycles. The van der Waals surface area contributed by atoms with Crippen LogP contribution in [0.25, 0.3) is 0 Å². The summed E-state index contributed by atoms with van der Waals surface area (Å²) in [4.78, 5) is 7.46. The minimum atomic E-state index is -0.990. The number of para-hydroxylation sites is 1. The van der Waals surface area contributed by atoms with E-state index in [0.29, 0.717) is 12.3 Å². The van der Waals surface area contributed by atoms with E-state index in [4.69, 9.17) is 0 Å². The SMILES string of the molecule is CCN(CCCNC(=NC)NCCS(=O)c1ccccc1)c1ccccc1. The van der Waals surface area contributed by atoms with Crippen molar-refractivity contribution in [2.45, 2.75) is 18.2 Å². The predicted octanol–water partition coefficient (Wildman–Crippen LogP) is 2.88. The molecule has 0 aliphatic rings. The van der Waals surface area contributed by atoms with Gasteiger partial charge in [0.15, 0.2) is 5.96 Å². The molecule has 0 radical (unpaired) electrons. The summed E-state index contributed by atoms with van der Waals surface area (Å²) in [7, 11) is 0.766. The van der Waals surface area contributed by atoms with Crippen LogP contribution in [0, 0.1) is 0 Å². The predicted molar refractivity (Wildman–Crippen MR) is 116 cm³/mol. The number of hydrogen-bond acceptors (Lipinski definition) is 3. The maximum Gasteiger partial charge on any atom is 0.191 e. The van der Waals surface area contributed by atoms with Crippen molar-refractivity contribution in [2.75, 3.05) is 43.9 Å². The van der Waals surface area contributed by atoms with Crippen LogP contribution in [0.4, 0.5) is 5.69 Å². The molecule has 1 unspecified atom stereocenters. The first-order valence-electron chi connectivity index (χ1n) is 9.42. The lowest BCUT2D eigenvalue weighted by Gasteiger charge is -2.23. The Bertz CT molecular complexity index is 707. The average molecular weight is 387 g/mol. The summed E-state index contributed by atoms with van der Waals surface area (Å²) < 4.78 is 12.2. The fraction of sp³-hybridized carbons (Fsp3) is 0.381. The van der Waals surface area contributed by atoms with Gasteiger partial charge >= 0.3 is 0 Å². The molecular formula is C21H30N4OS. The minimum absolute atomic E-state index is 0.558. The molecule has 0 spiro atoms. The topological polar surface area (TPSA) is 56.7 Å². The van der Waals surface area contributed by atoms with Crippen molar-refractivity contribution in [1.82, 2.24) is 10.6 Å². The van der Waals surface area contributed by atoms with E-state index in [2.05, 4.69) is 51.7 Å². The van der Waals surface area contributed by atoms with Crippen LogP contribution in [0.1, 0.15) is 13.3 Å². The lowest BCUT2D eigenvalue weighted by Crippen LogP contribution is -2.40. The van der Waals surface area contributed by atoms with E-state index in [1.165, 1.54) is 5.69 Å². The minimum Gasteiger partial charge on any atom is -0.372 e. The second-order valence-corrected chi connectivity index (χ2v) is 7.63. The van der Waals surface area contributed by atoms with Gasteiger partial charge in [-0.25, -0.2) is 0 Å². The Morgan fingerprint density at radius 2 is 1.63 bits per heavy atom. The molecule has 0 bridgehead atoms. The lowest BCUT2D eigenvalue weighted by atomic mass is 10.2. The zero-order valence-corrected chi connectivity index (χ0v) is 17.0. The van der Waals surface area contributed by atoms with Gasteiger partial charge in [0.1, 0.15) is 0 Å². The average Bonchev–Trinajstić information content (AvgIpc) is 2.73. The van der Waals surface area contributed by atoms with Gasteiger partial charge < -0.3 is 15.5 Å². The molecule has 0 aliphatic heterocycles. The maximum absolute atomic E-state index is 12.2. The summed E-state index contributed by atoms with van der Waals surface area (Å²) in [6.45, 7) is 5.61. The number of guanidine groups is 1. The van der Waals surface area contributed by atoms with Crippen molar-refractivity contribution in [3.8, 4) is 0 Å². The number of nitrogens with one attached hydrogen (secondary N) is 2. The second kappa shape index (κ2) is 12.1. The first kappa shape index (κ1) is 21.0. The summed E-state index contributed by atoms with van der Waals surface area (Å²) in [5.74, 6) is 1.31. The molecule has 146 valence electrons. The van der Waals surface area contributed by atoms with Crippen LogP contribution in [-0.2, 0) is 10.8 Å². The smallest absolute Gasteiger partial charge is 0.191 e.